The lowest BCUT2D eigenvalue weighted by molar-refractivity contribution is 0.101. The van der Waals surface area contributed by atoms with Crippen LogP contribution in [-0.4, -0.2) is 21.1 Å². The van der Waals surface area contributed by atoms with Crippen molar-refractivity contribution in [1.29, 1.82) is 0 Å². The summed E-state index contributed by atoms with van der Waals surface area (Å²) in [5.74, 6) is -1.38. The number of benzene rings is 1. The fourth-order valence-electron chi connectivity index (χ4n) is 1.26. The van der Waals surface area contributed by atoms with Crippen LogP contribution in [0.1, 0.15) is 10.5 Å². The van der Waals surface area contributed by atoms with Crippen LogP contribution < -0.4 is 16.6 Å². The van der Waals surface area contributed by atoms with Gasteiger partial charge in [-0.3, -0.25) is 14.6 Å². The zero-order chi connectivity index (χ0) is 13.1. The van der Waals surface area contributed by atoms with Gasteiger partial charge in [-0.25, -0.2) is 14.3 Å². The molecule has 8 heteroatoms. The summed E-state index contributed by atoms with van der Waals surface area (Å²) >= 11 is 0. The summed E-state index contributed by atoms with van der Waals surface area (Å²) < 4.78 is 12.9. The summed E-state index contributed by atoms with van der Waals surface area (Å²) in [7, 11) is 0. The van der Waals surface area contributed by atoms with Crippen molar-refractivity contribution in [3.05, 3.63) is 56.6 Å². The zero-order valence-electron chi connectivity index (χ0n) is 8.86. The predicted octanol–water partition coefficient (Wildman–Crippen LogP) is -0.150. The number of aromatic nitrogens is 3. The molecule has 0 unspecified atom stereocenters. The quantitative estimate of drug-likeness (QED) is 0.688. The number of nitrogens with zero attached hydrogens (tertiary/aromatic N) is 1. The molecule has 2 rings (SSSR count). The largest absolute Gasteiger partial charge is 0.342 e. The summed E-state index contributed by atoms with van der Waals surface area (Å²) in [6, 6.07) is 5.13. The topological polar surface area (TPSA) is 108 Å². The van der Waals surface area contributed by atoms with Gasteiger partial charge in [0.05, 0.1) is 0 Å². The van der Waals surface area contributed by atoms with Crippen molar-refractivity contribution in [2.45, 2.75) is 0 Å². The SMILES string of the molecule is O=C(Nc1cccc(F)c1)c1n[nH]c(=O)[nH]c1=O. The van der Waals surface area contributed by atoms with Crippen molar-refractivity contribution >= 4 is 11.6 Å². The second kappa shape index (κ2) is 4.62. The molecule has 0 aliphatic rings. The number of aromatic amines is 2. The van der Waals surface area contributed by atoms with Gasteiger partial charge in [0.25, 0.3) is 11.5 Å². The van der Waals surface area contributed by atoms with Crippen LogP contribution in [0.2, 0.25) is 0 Å². The van der Waals surface area contributed by atoms with E-state index >= 15 is 0 Å². The second-order valence-corrected chi connectivity index (χ2v) is 3.32. The Balaban J connectivity index is 2.27. The number of rotatable bonds is 2. The molecule has 1 aromatic heterocycles. The molecule has 0 aliphatic carbocycles. The monoisotopic (exact) mass is 250 g/mol. The van der Waals surface area contributed by atoms with Crippen LogP contribution in [0.5, 0.6) is 0 Å². The molecule has 1 aromatic carbocycles. The average Bonchev–Trinajstić information content (AvgIpc) is 2.28. The van der Waals surface area contributed by atoms with E-state index in [9.17, 15) is 18.8 Å². The molecule has 0 spiro atoms. The highest BCUT2D eigenvalue weighted by Gasteiger charge is 2.13. The number of H-pyrrole nitrogens is 2. The Morgan fingerprint density at radius 3 is 2.78 bits per heavy atom. The Bertz CT molecular complexity index is 707. The van der Waals surface area contributed by atoms with Gasteiger partial charge in [0.15, 0.2) is 0 Å². The van der Waals surface area contributed by atoms with Crippen molar-refractivity contribution in [3.63, 3.8) is 0 Å². The highest BCUT2D eigenvalue weighted by Crippen LogP contribution is 2.09. The molecule has 18 heavy (non-hydrogen) atoms. The van der Waals surface area contributed by atoms with Crippen LogP contribution in [-0.2, 0) is 0 Å². The van der Waals surface area contributed by atoms with Gasteiger partial charge in [-0.15, -0.1) is 0 Å². The van der Waals surface area contributed by atoms with Crippen LogP contribution in [0.3, 0.4) is 0 Å². The standard InChI is InChI=1S/C10H7FN4O3/c11-5-2-1-3-6(4-5)12-8(16)7-9(17)13-10(18)15-14-7/h1-4H,(H,12,16)(H2,13,15,17,18). The molecular formula is C10H7FN4O3. The lowest BCUT2D eigenvalue weighted by atomic mass is 10.3. The number of hydrogen-bond donors (Lipinski definition) is 3. The van der Waals surface area contributed by atoms with E-state index < -0.39 is 28.7 Å². The zero-order valence-corrected chi connectivity index (χ0v) is 8.86. The van der Waals surface area contributed by atoms with Gasteiger partial charge in [0.1, 0.15) is 5.82 Å². The molecule has 0 saturated heterocycles. The van der Waals surface area contributed by atoms with Crippen molar-refractivity contribution in [3.8, 4) is 0 Å². The van der Waals surface area contributed by atoms with Crippen LogP contribution in [0.4, 0.5) is 10.1 Å². The number of amides is 1. The number of carbonyl (C=O) groups is 1. The van der Waals surface area contributed by atoms with E-state index in [1.54, 1.807) is 0 Å². The maximum atomic E-state index is 12.9. The first-order valence-electron chi connectivity index (χ1n) is 4.82. The predicted molar refractivity (Wildman–Crippen MR) is 59.8 cm³/mol. The van der Waals surface area contributed by atoms with Crippen molar-refractivity contribution in [1.82, 2.24) is 15.2 Å². The summed E-state index contributed by atoms with van der Waals surface area (Å²) in [4.78, 5) is 35.5. The number of carbonyl (C=O) groups excluding carboxylic acids is 1. The normalized spacial score (nSPS) is 10.1. The third-order valence-electron chi connectivity index (χ3n) is 2.01. The summed E-state index contributed by atoms with van der Waals surface area (Å²) in [5, 5.41) is 7.51. The lowest BCUT2D eigenvalue weighted by Crippen LogP contribution is -2.32. The first-order valence-corrected chi connectivity index (χ1v) is 4.82. The maximum Gasteiger partial charge on any atom is 0.342 e. The van der Waals surface area contributed by atoms with Crippen LogP contribution in [0, 0.1) is 5.82 Å². The maximum absolute atomic E-state index is 12.9. The molecule has 3 N–H and O–H groups in total. The number of anilines is 1. The van der Waals surface area contributed by atoms with Crippen molar-refractivity contribution in [2.24, 2.45) is 0 Å². The van der Waals surface area contributed by atoms with Crippen LogP contribution >= 0.6 is 0 Å². The number of halogens is 1. The molecular weight excluding hydrogens is 243 g/mol. The first kappa shape index (κ1) is 11.7. The van der Waals surface area contributed by atoms with E-state index in [2.05, 4.69) is 10.4 Å². The van der Waals surface area contributed by atoms with Gasteiger partial charge >= 0.3 is 5.69 Å². The smallest absolute Gasteiger partial charge is 0.320 e. The Morgan fingerprint density at radius 2 is 2.11 bits per heavy atom. The van der Waals surface area contributed by atoms with Gasteiger partial charge in [-0.05, 0) is 18.2 Å². The summed E-state index contributed by atoms with van der Waals surface area (Å²) in [5.41, 5.74) is -2.08. The minimum Gasteiger partial charge on any atom is -0.320 e. The summed E-state index contributed by atoms with van der Waals surface area (Å²) in [6.45, 7) is 0. The Kier molecular flexibility index (Phi) is 3.00. The fraction of sp³-hybridized carbons (Fsp3) is 0. The third kappa shape index (κ3) is 2.48. The van der Waals surface area contributed by atoms with E-state index in [0.29, 0.717) is 0 Å². The second-order valence-electron chi connectivity index (χ2n) is 3.32. The minimum absolute atomic E-state index is 0.174. The van der Waals surface area contributed by atoms with Crippen molar-refractivity contribution < 1.29 is 9.18 Å². The molecule has 92 valence electrons. The third-order valence-corrected chi connectivity index (χ3v) is 2.01. The van der Waals surface area contributed by atoms with E-state index in [1.807, 2.05) is 10.1 Å². The Hall–Kier alpha value is -2.77. The minimum atomic E-state index is -0.923. The van der Waals surface area contributed by atoms with Crippen LogP contribution in [0.15, 0.2) is 33.9 Å². The molecule has 0 atom stereocenters. The first-order chi connectivity index (χ1) is 8.56. The molecule has 2 aromatic rings. The Labute approximate surface area is 98.7 Å². The molecule has 0 radical (unpaired) electrons. The van der Waals surface area contributed by atoms with Gasteiger partial charge in [0.2, 0.25) is 5.69 Å². The molecule has 1 amide bonds. The van der Waals surface area contributed by atoms with Gasteiger partial charge < -0.3 is 5.32 Å². The highest BCUT2D eigenvalue weighted by molar-refractivity contribution is 6.02. The highest BCUT2D eigenvalue weighted by atomic mass is 19.1. The van der Waals surface area contributed by atoms with E-state index in [1.165, 1.54) is 18.2 Å². The molecule has 1 heterocycles. The summed E-state index contributed by atoms with van der Waals surface area (Å²) in [6.07, 6.45) is 0. The van der Waals surface area contributed by atoms with Gasteiger partial charge in [-0.1, -0.05) is 6.07 Å². The van der Waals surface area contributed by atoms with Gasteiger partial charge in [-0.2, -0.15) is 5.10 Å². The average molecular weight is 250 g/mol. The Morgan fingerprint density at radius 1 is 1.33 bits per heavy atom. The number of hydrogen-bond acceptors (Lipinski definition) is 4. The molecule has 0 bridgehead atoms. The fourth-order valence-corrected chi connectivity index (χ4v) is 1.26. The van der Waals surface area contributed by atoms with Crippen LogP contribution in [0.25, 0.3) is 0 Å². The molecule has 0 fully saturated rings. The van der Waals surface area contributed by atoms with E-state index in [-0.39, 0.29) is 5.69 Å². The molecule has 0 aliphatic heterocycles. The van der Waals surface area contributed by atoms with E-state index in [4.69, 9.17) is 0 Å². The molecule has 7 nitrogen and oxygen atoms in total. The lowest BCUT2D eigenvalue weighted by Gasteiger charge is -2.03. The number of nitrogens with one attached hydrogen (secondary N) is 3. The van der Waals surface area contributed by atoms with Gasteiger partial charge in [0, 0.05) is 5.69 Å². The van der Waals surface area contributed by atoms with Crippen molar-refractivity contribution in [2.75, 3.05) is 5.32 Å². The molecule has 0 saturated carbocycles. The van der Waals surface area contributed by atoms with E-state index in [0.717, 1.165) is 6.07 Å².